The monoisotopic (exact) mass is 338 g/mol. The summed E-state index contributed by atoms with van der Waals surface area (Å²) in [6.45, 7) is 2.66. The molecule has 1 heterocycles. The number of carbonyl (C=O) groups excluding carboxylic acids is 1. The van der Waals surface area contributed by atoms with Gasteiger partial charge < -0.3 is 15.4 Å². The van der Waals surface area contributed by atoms with Gasteiger partial charge in [-0.25, -0.2) is 8.78 Å². The van der Waals surface area contributed by atoms with Crippen LogP contribution >= 0.6 is 0 Å². The van der Waals surface area contributed by atoms with Crippen LogP contribution in [0.25, 0.3) is 0 Å². The molecule has 0 spiro atoms. The van der Waals surface area contributed by atoms with Crippen LogP contribution in [0.5, 0.6) is 0 Å². The second-order valence-corrected chi connectivity index (χ2v) is 6.65. The van der Waals surface area contributed by atoms with E-state index in [1.165, 1.54) is 12.1 Å². The van der Waals surface area contributed by atoms with E-state index < -0.39 is 11.6 Å². The highest BCUT2D eigenvalue weighted by Gasteiger charge is 2.47. The van der Waals surface area contributed by atoms with Crippen LogP contribution < -0.4 is 5.73 Å². The van der Waals surface area contributed by atoms with Gasteiger partial charge in [-0.05, 0) is 49.8 Å². The molecule has 2 fully saturated rings. The molecular formula is C18H24F2N2O2. The Morgan fingerprint density at radius 3 is 2.71 bits per heavy atom. The summed E-state index contributed by atoms with van der Waals surface area (Å²) in [6.07, 6.45) is 3.36. The summed E-state index contributed by atoms with van der Waals surface area (Å²) >= 11 is 0. The highest BCUT2D eigenvalue weighted by atomic mass is 19.1. The molecule has 0 bridgehead atoms. The van der Waals surface area contributed by atoms with Crippen LogP contribution in [0.15, 0.2) is 18.2 Å². The van der Waals surface area contributed by atoms with E-state index in [9.17, 15) is 13.6 Å². The van der Waals surface area contributed by atoms with Crippen molar-refractivity contribution in [3.63, 3.8) is 0 Å². The fraction of sp³-hybridized carbons (Fsp3) is 0.611. The first-order valence-electron chi connectivity index (χ1n) is 8.65. The third-order valence-electron chi connectivity index (χ3n) is 4.93. The lowest BCUT2D eigenvalue weighted by Gasteiger charge is -2.32. The normalized spacial score (nSPS) is 24.2. The van der Waals surface area contributed by atoms with Gasteiger partial charge in [0.1, 0.15) is 11.6 Å². The molecule has 1 amide bonds. The number of rotatable bonds is 6. The molecule has 4 nitrogen and oxygen atoms in total. The van der Waals surface area contributed by atoms with Gasteiger partial charge in [-0.1, -0.05) is 6.07 Å². The molecule has 6 heteroatoms. The molecule has 0 aromatic heterocycles. The topological polar surface area (TPSA) is 55.6 Å². The van der Waals surface area contributed by atoms with Crippen molar-refractivity contribution < 1.29 is 18.3 Å². The number of hydrogen-bond acceptors (Lipinski definition) is 3. The molecular weight excluding hydrogens is 314 g/mol. The zero-order valence-corrected chi connectivity index (χ0v) is 13.7. The number of likely N-dealkylation sites (tertiary alicyclic amines) is 1. The van der Waals surface area contributed by atoms with Crippen LogP contribution in [0.3, 0.4) is 0 Å². The fourth-order valence-corrected chi connectivity index (χ4v) is 3.42. The van der Waals surface area contributed by atoms with Crippen molar-refractivity contribution in [3.8, 4) is 0 Å². The fourth-order valence-electron chi connectivity index (χ4n) is 3.42. The predicted molar refractivity (Wildman–Crippen MR) is 86.4 cm³/mol. The number of piperidine rings is 1. The molecule has 2 aliphatic rings. The first-order valence-corrected chi connectivity index (χ1v) is 8.65. The van der Waals surface area contributed by atoms with Crippen LogP contribution in [0, 0.1) is 17.6 Å². The Balaban J connectivity index is 1.48. The van der Waals surface area contributed by atoms with Crippen molar-refractivity contribution in [2.75, 3.05) is 26.2 Å². The quantitative estimate of drug-likeness (QED) is 0.811. The smallest absolute Gasteiger partial charge is 0.226 e. The number of hydrogen-bond donors (Lipinski definition) is 1. The lowest BCUT2D eigenvalue weighted by molar-refractivity contribution is -0.135. The largest absolute Gasteiger partial charge is 0.378 e. The van der Waals surface area contributed by atoms with Gasteiger partial charge in [0.05, 0.1) is 6.10 Å². The number of halogens is 2. The maximum atomic E-state index is 13.8. The van der Waals surface area contributed by atoms with E-state index in [0.29, 0.717) is 38.2 Å². The van der Waals surface area contributed by atoms with E-state index in [1.807, 2.05) is 4.90 Å². The summed E-state index contributed by atoms with van der Waals surface area (Å²) in [7, 11) is 0. The Hall–Kier alpha value is -1.53. The average Bonchev–Trinajstić information content (AvgIpc) is 3.35. The first kappa shape index (κ1) is 17.3. The summed E-state index contributed by atoms with van der Waals surface area (Å²) in [5, 5.41) is 0. The van der Waals surface area contributed by atoms with Crippen LogP contribution in [-0.4, -0.2) is 43.2 Å². The van der Waals surface area contributed by atoms with Crippen LogP contribution in [-0.2, 0) is 9.53 Å². The van der Waals surface area contributed by atoms with Crippen LogP contribution in [0.4, 0.5) is 8.78 Å². The summed E-state index contributed by atoms with van der Waals surface area (Å²) < 4.78 is 32.6. The molecule has 1 aliphatic carbocycles. The molecule has 2 atom stereocenters. The third-order valence-corrected chi connectivity index (χ3v) is 4.93. The second-order valence-electron chi connectivity index (χ2n) is 6.65. The van der Waals surface area contributed by atoms with Crippen molar-refractivity contribution in [1.29, 1.82) is 0 Å². The standard InChI is InChI=1S/C18H24F2N2O2/c19-12-2-3-14(17(20)10-12)15-11-16(15)18(23)22-7-4-13(5-8-22)24-9-1-6-21/h2-3,10,13,15-16H,1,4-9,11,21H2. The molecule has 1 saturated carbocycles. The zero-order valence-electron chi connectivity index (χ0n) is 13.7. The molecule has 1 aromatic carbocycles. The maximum absolute atomic E-state index is 13.8. The Kier molecular flexibility index (Phi) is 5.46. The van der Waals surface area contributed by atoms with Crippen molar-refractivity contribution in [2.24, 2.45) is 11.7 Å². The Bertz CT molecular complexity index is 588. The van der Waals surface area contributed by atoms with Crippen molar-refractivity contribution >= 4 is 5.91 Å². The van der Waals surface area contributed by atoms with Crippen molar-refractivity contribution in [3.05, 3.63) is 35.4 Å². The third kappa shape index (κ3) is 3.92. The lowest BCUT2D eigenvalue weighted by Crippen LogP contribution is -2.42. The van der Waals surface area contributed by atoms with Crippen molar-refractivity contribution in [2.45, 2.75) is 37.7 Å². The molecule has 0 radical (unpaired) electrons. The van der Waals surface area contributed by atoms with Gasteiger partial charge in [-0.15, -0.1) is 0 Å². The second kappa shape index (κ2) is 7.57. The minimum absolute atomic E-state index is 0.0872. The van der Waals surface area contributed by atoms with Gasteiger partial charge in [0.2, 0.25) is 5.91 Å². The molecule has 24 heavy (non-hydrogen) atoms. The minimum atomic E-state index is -0.587. The molecule has 2 N–H and O–H groups in total. The van der Waals surface area contributed by atoms with Gasteiger partial charge in [-0.3, -0.25) is 4.79 Å². The van der Waals surface area contributed by atoms with Crippen LogP contribution in [0.2, 0.25) is 0 Å². The number of amides is 1. The van der Waals surface area contributed by atoms with Gasteiger partial charge >= 0.3 is 0 Å². The summed E-state index contributed by atoms with van der Waals surface area (Å²) in [5.74, 6) is -1.33. The highest BCUT2D eigenvalue weighted by molar-refractivity contribution is 5.83. The van der Waals surface area contributed by atoms with Crippen LogP contribution in [0.1, 0.15) is 37.2 Å². The zero-order chi connectivity index (χ0) is 17.1. The number of nitrogens with two attached hydrogens (primary N) is 1. The first-order chi connectivity index (χ1) is 11.6. The summed E-state index contributed by atoms with van der Waals surface area (Å²) in [4.78, 5) is 14.4. The Labute approximate surface area is 141 Å². The van der Waals surface area contributed by atoms with E-state index >= 15 is 0 Å². The molecule has 1 aromatic rings. The highest BCUT2D eigenvalue weighted by Crippen LogP contribution is 2.49. The molecule has 132 valence electrons. The number of benzene rings is 1. The van der Waals surface area contributed by atoms with E-state index in [2.05, 4.69) is 0 Å². The lowest BCUT2D eigenvalue weighted by atomic mass is 10.1. The minimum Gasteiger partial charge on any atom is -0.378 e. The van der Waals surface area contributed by atoms with E-state index in [-0.39, 0.29) is 23.8 Å². The SMILES string of the molecule is NCCCOC1CCN(C(=O)C2CC2c2ccc(F)cc2F)CC1. The maximum Gasteiger partial charge on any atom is 0.226 e. The number of nitrogens with zero attached hydrogens (tertiary/aromatic N) is 1. The number of ether oxygens (including phenoxy) is 1. The predicted octanol–water partition coefficient (Wildman–Crippen LogP) is 2.42. The van der Waals surface area contributed by atoms with E-state index in [0.717, 1.165) is 25.3 Å². The number of carbonyl (C=O) groups is 1. The van der Waals surface area contributed by atoms with E-state index in [1.54, 1.807) is 0 Å². The molecule has 1 aliphatic heterocycles. The van der Waals surface area contributed by atoms with Crippen molar-refractivity contribution in [1.82, 2.24) is 4.90 Å². The van der Waals surface area contributed by atoms with E-state index in [4.69, 9.17) is 10.5 Å². The van der Waals surface area contributed by atoms with Gasteiger partial charge in [-0.2, -0.15) is 0 Å². The average molecular weight is 338 g/mol. The van der Waals surface area contributed by atoms with Gasteiger partial charge in [0.25, 0.3) is 0 Å². The Morgan fingerprint density at radius 1 is 1.29 bits per heavy atom. The summed E-state index contributed by atoms with van der Waals surface area (Å²) in [6, 6.07) is 3.60. The molecule has 1 saturated heterocycles. The summed E-state index contributed by atoms with van der Waals surface area (Å²) in [5.41, 5.74) is 5.90. The van der Waals surface area contributed by atoms with Gasteiger partial charge in [0.15, 0.2) is 0 Å². The van der Waals surface area contributed by atoms with Gasteiger partial charge in [0, 0.05) is 31.7 Å². The Morgan fingerprint density at radius 2 is 2.04 bits per heavy atom. The molecule has 2 unspecified atom stereocenters. The molecule has 3 rings (SSSR count).